The van der Waals surface area contributed by atoms with Crippen molar-refractivity contribution in [2.75, 3.05) is 17.7 Å². The molecular weight excluding hydrogens is 346 g/mol. The summed E-state index contributed by atoms with van der Waals surface area (Å²) >= 11 is 0. The molecule has 0 atom stereocenters. The molecule has 3 aromatic rings. The molecular formula is C20H19N3O4. The molecule has 0 radical (unpaired) electrons. The Morgan fingerprint density at radius 2 is 1.74 bits per heavy atom. The Bertz CT molecular complexity index is 948. The zero-order valence-corrected chi connectivity index (χ0v) is 15.0. The fourth-order valence-corrected chi connectivity index (χ4v) is 2.53. The SMILES string of the molecule is COc1ccc(-c2cc(CC(=O)Nc3cccc(NC(C)=O)c3)no2)cc1. The number of amides is 2. The van der Waals surface area contributed by atoms with Gasteiger partial charge in [-0.1, -0.05) is 11.2 Å². The number of methoxy groups -OCH3 is 1. The van der Waals surface area contributed by atoms with E-state index in [1.54, 1.807) is 37.4 Å². The number of nitrogens with zero attached hydrogens (tertiary/aromatic N) is 1. The van der Waals surface area contributed by atoms with Gasteiger partial charge in [0.2, 0.25) is 11.8 Å². The first-order valence-electron chi connectivity index (χ1n) is 8.31. The van der Waals surface area contributed by atoms with E-state index in [9.17, 15) is 9.59 Å². The third kappa shape index (κ3) is 4.94. The number of benzene rings is 2. The van der Waals surface area contributed by atoms with Crippen molar-refractivity contribution in [1.29, 1.82) is 0 Å². The van der Waals surface area contributed by atoms with Gasteiger partial charge < -0.3 is 19.9 Å². The van der Waals surface area contributed by atoms with Gasteiger partial charge in [-0.2, -0.15) is 0 Å². The first-order chi connectivity index (χ1) is 13.0. The van der Waals surface area contributed by atoms with Crippen LogP contribution in [-0.2, 0) is 16.0 Å². The van der Waals surface area contributed by atoms with Crippen LogP contribution in [0.4, 0.5) is 11.4 Å². The zero-order chi connectivity index (χ0) is 19.2. The number of nitrogens with one attached hydrogen (secondary N) is 2. The van der Waals surface area contributed by atoms with Gasteiger partial charge in [-0.25, -0.2) is 0 Å². The molecule has 1 heterocycles. The normalized spacial score (nSPS) is 10.3. The van der Waals surface area contributed by atoms with Crippen LogP contribution >= 0.6 is 0 Å². The van der Waals surface area contributed by atoms with Crippen LogP contribution < -0.4 is 15.4 Å². The fourth-order valence-electron chi connectivity index (χ4n) is 2.53. The van der Waals surface area contributed by atoms with Crippen LogP contribution in [0.5, 0.6) is 5.75 Å². The number of rotatable bonds is 6. The monoisotopic (exact) mass is 365 g/mol. The van der Waals surface area contributed by atoms with Crippen molar-refractivity contribution in [3.8, 4) is 17.1 Å². The minimum Gasteiger partial charge on any atom is -0.497 e. The van der Waals surface area contributed by atoms with Crippen molar-refractivity contribution in [3.05, 3.63) is 60.3 Å². The Labute approximate surface area is 156 Å². The highest BCUT2D eigenvalue weighted by atomic mass is 16.5. The second-order valence-electron chi connectivity index (χ2n) is 5.90. The third-order valence-electron chi connectivity index (χ3n) is 3.74. The average molecular weight is 365 g/mol. The van der Waals surface area contributed by atoms with Crippen LogP contribution in [0, 0.1) is 0 Å². The average Bonchev–Trinajstić information content (AvgIpc) is 3.09. The van der Waals surface area contributed by atoms with Crippen molar-refractivity contribution in [2.24, 2.45) is 0 Å². The molecule has 138 valence electrons. The summed E-state index contributed by atoms with van der Waals surface area (Å²) in [7, 11) is 1.60. The lowest BCUT2D eigenvalue weighted by molar-refractivity contribution is -0.116. The molecule has 0 aliphatic rings. The summed E-state index contributed by atoms with van der Waals surface area (Å²) in [5.74, 6) is 0.921. The number of aromatic nitrogens is 1. The number of carbonyl (C=O) groups excluding carboxylic acids is 2. The second-order valence-corrected chi connectivity index (χ2v) is 5.90. The van der Waals surface area contributed by atoms with Crippen molar-refractivity contribution in [3.63, 3.8) is 0 Å². The molecule has 0 aliphatic carbocycles. The lowest BCUT2D eigenvalue weighted by Gasteiger charge is -2.07. The maximum absolute atomic E-state index is 12.2. The number of hydrogen-bond acceptors (Lipinski definition) is 5. The van der Waals surface area contributed by atoms with Crippen molar-refractivity contribution >= 4 is 23.2 Å². The van der Waals surface area contributed by atoms with Crippen LogP contribution in [0.25, 0.3) is 11.3 Å². The molecule has 2 aromatic carbocycles. The van der Waals surface area contributed by atoms with Gasteiger partial charge in [0.05, 0.1) is 19.2 Å². The smallest absolute Gasteiger partial charge is 0.230 e. The summed E-state index contributed by atoms with van der Waals surface area (Å²) in [6.45, 7) is 1.43. The molecule has 0 spiro atoms. The molecule has 2 amide bonds. The van der Waals surface area contributed by atoms with E-state index >= 15 is 0 Å². The van der Waals surface area contributed by atoms with Gasteiger partial charge in [-0.15, -0.1) is 0 Å². The molecule has 0 saturated carbocycles. The lowest BCUT2D eigenvalue weighted by atomic mass is 10.1. The molecule has 2 N–H and O–H groups in total. The maximum Gasteiger partial charge on any atom is 0.230 e. The number of hydrogen-bond donors (Lipinski definition) is 2. The Balaban J connectivity index is 1.63. The molecule has 0 fully saturated rings. The van der Waals surface area contributed by atoms with Crippen LogP contribution in [0.2, 0.25) is 0 Å². The topological polar surface area (TPSA) is 93.5 Å². The fraction of sp³-hybridized carbons (Fsp3) is 0.150. The summed E-state index contributed by atoms with van der Waals surface area (Å²) in [5, 5.41) is 9.40. The van der Waals surface area contributed by atoms with Gasteiger partial charge >= 0.3 is 0 Å². The van der Waals surface area contributed by atoms with Gasteiger partial charge in [0, 0.05) is 29.9 Å². The van der Waals surface area contributed by atoms with E-state index in [4.69, 9.17) is 9.26 Å². The molecule has 0 bridgehead atoms. The Morgan fingerprint density at radius 1 is 1.04 bits per heavy atom. The molecule has 7 heteroatoms. The van der Waals surface area contributed by atoms with E-state index in [2.05, 4.69) is 15.8 Å². The van der Waals surface area contributed by atoms with Crippen LogP contribution in [0.1, 0.15) is 12.6 Å². The molecule has 3 rings (SSSR count). The number of ether oxygens (including phenoxy) is 1. The van der Waals surface area contributed by atoms with Gasteiger partial charge in [-0.3, -0.25) is 9.59 Å². The highest BCUT2D eigenvalue weighted by Crippen LogP contribution is 2.23. The summed E-state index contributed by atoms with van der Waals surface area (Å²) in [4.78, 5) is 23.4. The molecule has 1 aromatic heterocycles. The molecule has 0 saturated heterocycles. The minimum absolute atomic E-state index is 0.0734. The molecule has 7 nitrogen and oxygen atoms in total. The first kappa shape index (κ1) is 18.2. The molecule has 0 unspecified atom stereocenters. The van der Waals surface area contributed by atoms with Crippen LogP contribution in [0.3, 0.4) is 0 Å². The van der Waals surface area contributed by atoms with E-state index in [0.29, 0.717) is 22.8 Å². The van der Waals surface area contributed by atoms with E-state index in [-0.39, 0.29) is 18.2 Å². The lowest BCUT2D eigenvalue weighted by Crippen LogP contribution is -2.15. The van der Waals surface area contributed by atoms with Gasteiger partial charge in [0.25, 0.3) is 0 Å². The third-order valence-corrected chi connectivity index (χ3v) is 3.74. The summed E-state index contributed by atoms with van der Waals surface area (Å²) in [6, 6.07) is 16.0. The van der Waals surface area contributed by atoms with Crippen molar-refractivity contribution in [1.82, 2.24) is 5.16 Å². The summed E-state index contributed by atoms with van der Waals surface area (Å²) < 4.78 is 10.4. The van der Waals surface area contributed by atoms with Gasteiger partial charge in [-0.05, 0) is 42.5 Å². The van der Waals surface area contributed by atoms with Gasteiger partial charge in [0.1, 0.15) is 5.75 Å². The highest BCUT2D eigenvalue weighted by Gasteiger charge is 2.11. The Morgan fingerprint density at radius 3 is 2.41 bits per heavy atom. The summed E-state index contributed by atoms with van der Waals surface area (Å²) in [6.07, 6.45) is 0.0734. The number of carbonyl (C=O) groups is 2. The van der Waals surface area contributed by atoms with Crippen molar-refractivity contribution in [2.45, 2.75) is 13.3 Å². The van der Waals surface area contributed by atoms with Crippen molar-refractivity contribution < 1.29 is 18.8 Å². The first-order valence-corrected chi connectivity index (χ1v) is 8.31. The highest BCUT2D eigenvalue weighted by molar-refractivity contribution is 5.94. The van der Waals surface area contributed by atoms with Crippen LogP contribution in [-0.4, -0.2) is 24.1 Å². The predicted octanol–water partition coefficient (Wildman–Crippen LogP) is 3.49. The van der Waals surface area contributed by atoms with E-state index in [1.165, 1.54) is 6.92 Å². The van der Waals surface area contributed by atoms with E-state index in [1.807, 2.05) is 24.3 Å². The zero-order valence-electron chi connectivity index (χ0n) is 15.0. The quantitative estimate of drug-likeness (QED) is 0.697. The van der Waals surface area contributed by atoms with E-state index in [0.717, 1.165) is 11.3 Å². The number of anilines is 2. The Hall–Kier alpha value is -3.61. The second kappa shape index (κ2) is 8.18. The molecule has 0 aliphatic heterocycles. The van der Waals surface area contributed by atoms with Gasteiger partial charge in [0.15, 0.2) is 5.76 Å². The predicted molar refractivity (Wildman–Crippen MR) is 102 cm³/mol. The summed E-state index contributed by atoms with van der Waals surface area (Å²) in [5.41, 5.74) is 2.57. The molecule has 27 heavy (non-hydrogen) atoms. The standard InChI is InChI=1S/C20H19N3O4/c1-13(24)21-15-4-3-5-16(10-15)22-20(25)12-17-11-19(27-23-17)14-6-8-18(26-2)9-7-14/h3-11H,12H2,1-2H3,(H,21,24)(H,22,25). The largest absolute Gasteiger partial charge is 0.497 e. The van der Waals surface area contributed by atoms with E-state index < -0.39 is 0 Å². The maximum atomic E-state index is 12.2. The van der Waals surface area contributed by atoms with Crippen LogP contribution in [0.15, 0.2) is 59.1 Å². The minimum atomic E-state index is -0.232. The Kier molecular flexibility index (Phi) is 5.51.